The average Bonchev–Trinajstić information content (AvgIpc) is 3.21. The molecule has 1 aliphatic carbocycles. The topological polar surface area (TPSA) is 106 Å². The monoisotopic (exact) mass is 455 g/mol. The number of nitrogens with one attached hydrogen (secondary N) is 1. The highest BCUT2D eigenvalue weighted by molar-refractivity contribution is 6.38. The fourth-order valence-corrected chi connectivity index (χ4v) is 4.75. The minimum Gasteiger partial charge on any atom is -0.355 e. The molecule has 1 aliphatic rings. The minimum absolute atomic E-state index is 0.108. The van der Waals surface area contributed by atoms with Crippen LogP contribution in [0.3, 0.4) is 0 Å². The van der Waals surface area contributed by atoms with Gasteiger partial charge in [-0.05, 0) is 25.3 Å². The zero-order valence-electron chi connectivity index (χ0n) is 17.7. The first-order valence-electron chi connectivity index (χ1n) is 10.5. The molecule has 0 aliphatic heterocycles. The molecule has 0 unspecified atom stereocenters. The summed E-state index contributed by atoms with van der Waals surface area (Å²) in [6, 6.07) is 3.26. The Kier molecular flexibility index (Phi) is 5.10. The Bertz CT molecular complexity index is 1380. The fraction of sp³-hybridized carbons (Fsp3) is 0.364. The van der Waals surface area contributed by atoms with Crippen LogP contribution in [0.25, 0.3) is 33.2 Å². The Morgan fingerprint density at radius 3 is 2.88 bits per heavy atom. The molecular formula is C22H23ClFN7O. The number of fused-ring (bicyclic) bond motifs is 2. The molecule has 0 saturated heterocycles. The van der Waals surface area contributed by atoms with Crippen LogP contribution in [0.5, 0.6) is 0 Å². The second kappa shape index (κ2) is 7.83. The smallest absolute Gasteiger partial charge is 0.262 e. The van der Waals surface area contributed by atoms with Gasteiger partial charge in [-0.3, -0.25) is 4.79 Å². The Morgan fingerprint density at radius 1 is 1.28 bits per heavy atom. The van der Waals surface area contributed by atoms with Gasteiger partial charge in [-0.2, -0.15) is 0 Å². The molecule has 3 N–H and O–H groups in total. The first kappa shape index (κ1) is 20.8. The molecule has 1 aromatic carbocycles. The molecule has 166 valence electrons. The molecule has 32 heavy (non-hydrogen) atoms. The lowest BCUT2D eigenvalue weighted by molar-refractivity contribution is 0.201. The van der Waals surface area contributed by atoms with Gasteiger partial charge in [0.15, 0.2) is 5.65 Å². The second-order valence-corrected chi connectivity index (χ2v) is 8.75. The maximum absolute atomic E-state index is 13.8. The third-order valence-corrected chi connectivity index (χ3v) is 6.77. The van der Waals surface area contributed by atoms with E-state index in [9.17, 15) is 9.18 Å². The molecule has 3 aromatic heterocycles. The van der Waals surface area contributed by atoms with Crippen molar-refractivity contribution in [3.8, 4) is 11.1 Å². The van der Waals surface area contributed by atoms with Crippen LogP contribution in [0.2, 0.25) is 5.02 Å². The molecular weight excluding hydrogens is 433 g/mol. The number of benzene rings is 1. The van der Waals surface area contributed by atoms with Gasteiger partial charge in [-0.25, -0.2) is 19.3 Å². The van der Waals surface area contributed by atoms with Gasteiger partial charge >= 0.3 is 0 Å². The fourth-order valence-electron chi connectivity index (χ4n) is 4.41. The maximum atomic E-state index is 13.8. The van der Waals surface area contributed by atoms with E-state index in [-0.39, 0.29) is 11.6 Å². The molecule has 1 saturated carbocycles. The van der Waals surface area contributed by atoms with E-state index in [1.165, 1.54) is 10.9 Å². The van der Waals surface area contributed by atoms with Crippen molar-refractivity contribution in [3.63, 3.8) is 0 Å². The van der Waals surface area contributed by atoms with Crippen LogP contribution in [0, 0.1) is 0 Å². The SMILES string of the molecule is CN(c1cnc2c(-c3ccc4ncn(C)c(=O)c4c3Cl)c[nH]c2n1)[C@@H]1CC[C@@H](F)[C@@H](N)C1. The van der Waals surface area contributed by atoms with Gasteiger partial charge in [0.2, 0.25) is 0 Å². The van der Waals surface area contributed by atoms with E-state index in [1.54, 1.807) is 25.5 Å². The average molecular weight is 456 g/mol. The number of hydrogen-bond acceptors (Lipinski definition) is 6. The third kappa shape index (κ3) is 3.32. The van der Waals surface area contributed by atoms with Crippen molar-refractivity contribution < 1.29 is 4.39 Å². The molecule has 0 bridgehead atoms. The molecule has 0 spiro atoms. The van der Waals surface area contributed by atoms with Crippen molar-refractivity contribution in [2.75, 3.05) is 11.9 Å². The Hall–Kier alpha value is -3.04. The summed E-state index contributed by atoms with van der Waals surface area (Å²) in [5.74, 6) is 0.683. The summed E-state index contributed by atoms with van der Waals surface area (Å²) in [5.41, 5.74) is 8.94. The van der Waals surface area contributed by atoms with E-state index >= 15 is 0 Å². The van der Waals surface area contributed by atoms with Crippen LogP contribution < -0.4 is 16.2 Å². The highest BCUT2D eigenvalue weighted by Gasteiger charge is 2.30. The lowest BCUT2D eigenvalue weighted by Gasteiger charge is -2.36. The van der Waals surface area contributed by atoms with Crippen molar-refractivity contribution in [1.29, 1.82) is 0 Å². The molecule has 4 aromatic rings. The third-order valence-electron chi connectivity index (χ3n) is 6.38. The van der Waals surface area contributed by atoms with Crippen molar-refractivity contribution in [1.82, 2.24) is 24.5 Å². The highest BCUT2D eigenvalue weighted by Crippen LogP contribution is 2.36. The molecule has 0 amide bonds. The zero-order valence-corrected chi connectivity index (χ0v) is 18.5. The number of anilines is 1. The molecule has 3 heterocycles. The standard InChI is InChI=1S/C22H23ClFN7O/c1-30-10-28-16-6-4-12(19(23)18(16)22(30)32)13-8-27-21-20(13)26-9-17(29-21)31(2)11-3-5-14(24)15(25)7-11/h4,6,8-11,14-15H,3,5,7,25H2,1-2H3,(H,27,29)/t11-,14-,15+/m1/s1. The van der Waals surface area contributed by atoms with Crippen LogP contribution in [0.4, 0.5) is 10.2 Å². The quantitative estimate of drug-likeness (QED) is 0.491. The summed E-state index contributed by atoms with van der Waals surface area (Å²) < 4.78 is 15.2. The Balaban J connectivity index is 1.53. The van der Waals surface area contributed by atoms with E-state index in [0.29, 0.717) is 51.3 Å². The van der Waals surface area contributed by atoms with Gasteiger partial charge in [0.05, 0.1) is 28.4 Å². The molecule has 1 fully saturated rings. The lowest BCUT2D eigenvalue weighted by Crippen LogP contribution is -2.46. The summed E-state index contributed by atoms with van der Waals surface area (Å²) in [6.45, 7) is 0. The molecule has 10 heteroatoms. The van der Waals surface area contributed by atoms with E-state index < -0.39 is 12.2 Å². The zero-order chi connectivity index (χ0) is 22.6. The number of nitrogens with zero attached hydrogens (tertiary/aromatic N) is 5. The Morgan fingerprint density at radius 2 is 2.09 bits per heavy atom. The largest absolute Gasteiger partial charge is 0.355 e. The van der Waals surface area contributed by atoms with Gasteiger partial charge in [0.25, 0.3) is 5.56 Å². The first-order valence-corrected chi connectivity index (χ1v) is 10.8. The predicted octanol–water partition coefficient (Wildman–Crippen LogP) is 3.18. The van der Waals surface area contributed by atoms with Crippen molar-refractivity contribution in [2.45, 2.75) is 37.5 Å². The maximum Gasteiger partial charge on any atom is 0.262 e. The number of nitrogens with two attached hydrogens (primary N) is 1. The normalized spacial score (nSPS) is 21.3. The van der Waals surface area contributed by atoms with Crippen molar-refractivity contribution >= 4 is 39.5 Å². The number of aromatic nitrogens is 5. The van der Waals surface area contributed by atoms with Crippen LogP contribution >= 0.6 is 11.6 Å². The van der Waals surface area contributed by atoms with E-state index in [0.717, 1.165) is 12.0 Å². The van der Waals surface area contributed by atoms with Crippen LogP contribution in [0.15, 0.2) is 35.6 Å². The minimum atomic E-state index is -0.946. The van der Waals surface area contributed by atoms with Crippen LogP contribution in [0.1, 0.15) is 19.3 Å². The summed E-state index contributed by atoms with van der Waals surface area (Å²) in [6.07, 6.45) is 5.75. The van der Waals surface area contributed by atoms with E-state index in [4.69, 9.17) is 22.3 Å². The predicted molar refractivity (Wildman–Crippen MR) is 124 cm³/mol. The summed E-state index contributed by atoms with van der Waals surface area (Å²) >= 11 is 6.65. The number of halogens is 2. The summed E-state index contributed by atoms with van der Waals surface area (Å²) in [5, 5.41) is 0.699. The summed E-state index contributed by atoms with van der Waals surface area (Å²) in [7, 11) is 3.57. The van der Waals surface area contributed by atoms with Crippen LogP contribution in [-0.2, 0) is 7.05 Å². The number of H-pyrrole nitrogens is 1. The molecule has 0 radical (unpaired) electrons. The van der Waals surface area contributed by atoms with Gasteiger partial charge in [-0.15, -0.1) is 0 Å². The number of alkyl halides is 1. The van der Waals surface area contributed by atoms with E-state index in [1.807, 2.05) is 18.0 Å². The van der Waals surface area contributed by atoms with Gasteiger partial charge in [0, 0.05) is 43.5 Å². The van der Waals surface area contributed by atoms with Gasteiger partial charge in [0.1, 0.15) is 17.5 Å². The van der Waals surface area contributed by atoms with Crippen molar-refractivity contribution in [3.05, 3.63) is 46.2 Å². The lowest BCUT2D eigenvalue weighted by atomic mass is 9.89. The summed E-state index contributed by atoms with van der Waals surface area (Å²) in [4.78, 5) is 31.4. The number of hydrogen-bond donors (Lipinski definition) is 2. The number of aromatic amines is 1. The number of rotatable bonds is 3. The highest BCUT2D eigenvalue weighted by atomic mass is 35.5. The second-order valence-electron chi connectivity index (χ2n) is 8.37. The van der Waals surface area contributed by atoms with Gasteiger partial charge in [-0.1, -0.05) is 17.7 Å². The van der Waals surface area contributed by atoms with E-state index in [2.05, 4.69) is 15.0 Å². The van der Waals surface area contributed by atoms with Crippen LogP contribution in [-0.4, -0.2) is 49.8 Å². The first-order chi connectivity index (χ1) is 15.3. The molecule has 5 rings (SSSR count). The Labute approximate surface area is 188 Å². The molecule has 8 nitrogen and oxygen atoms in total. The van der Waals surface area contributed by atoms with Gasteiger partial charge < -0.3 is 20.2 Å². The molecule has 3 atom stereocenters. The number of aryl methyl sites for hydroxylation is 1. The van der Waals surface area contributed by atoms with Crippen molar-refractivity contribution in [2.24, 2.45) is 12.8 Å².